The zero-order valence-electron chi connectivity index (χ0n) is 16.7. The molecule has 0 spiro atoms. The van der Waals surface area contributed by atoms with Crippen LogP contribution in [0.5, 0.6) is 0 Å². The fourth-order valence-corrected chi connectivity index (χ4v) is 3.98. The van der Waals surface area contributed by atoms with Crippen LogP contribution in [0.15, 0.2) is 48.5 Å². The summed E-state index contributed by atoms with van der Waals surface area (Å²) in [4.78, 5) is 38.0. The first kappa shape index (κ1) is 21.8. The summed E-state index contributed by atoms with van der Waals surface area (Å²) in [5.41, 5.74) is 0.676. The van der Waals surface area contributed by atoms with Crippen LogP contribution < -0.4 is 5.32 Å². The van der Waals surface area contributed by atoms with E-state index in [0.717, 1.165) is 12.0 Å². The molecule has 2 aromatic rings. The largest absolute Gasteiger partial charge is 0.349 e. The van der Waals surface area contributed by atoms with Crippen LogP contribution in [0.1, 0.15) is 48.0 Å². The highest BCUT2D eigenvalue weighted by Gasteiger charge is 2.30. The number of benzene rings is 2. The van der Waals surface area contributed by atoms with Gasteiger partial charge < -0.3 is 10.2 Å². The van der Waals surface area contributed by atoms with E-state index >= 15 is 0 Å². The molecule has 2 aromatic carbocycles. The van der Waals surface area contributed by atoms with Gasteiger partial charge in [-0.2, -0.15) is 0 Å². The monoisotopic (exact) mass is 429 g/mol. The third-order valence-electron chi connectivity index (χ3n) is 5.45. The molecular weight excluding hydrogens is 406 g/mol. The van der Waals surface area contributed by atoms with Crippen LogP contribution in [0.3, 0.4) is 0 Å². The van der Waals surface area contributed by atoms with Crippen LogP contribution in [0.4, 0.5) is 5.69 Å². The number of piperidine rings is 1. The fourth-order valence-electron chi connectivity index (χ4n) is 3.81. The van der Waals surface area contributed by atoms with Crippen LogP contribution in [-0.2, 0) is 4.79 Å². The Morgan fingerprint density at radius 2 is 1.87 bits per heavy atom. The molecule has 7 nitrogen and oxygen atoms in total. The number of nitro benzene ring substituents is 1. The number of halogens is 1. The van der Waals surface area contributed by atoms with Gasteiger partial charge in [0.15, 0.2) is 0 Å². The third-order valence-corrected chi connectivity index (χ3v) is 5.69. The Hall–Kier alpha value is -2.93. The summed E-state index contributed by atoms with van der Waals surface area (Å²) in [6.45, 7) is 3.08. The zero-order valence-corrected chi connectivity index (χ0v) is 17.5. The molecule has 1 atom stereocenters. The lowest BCUT2D eigenvalue weighted by molar-refractivity contribution is -0.385. The molecule has 1 heterocycles. The van der Waals surface area contributed by atoms with E-state index < -0.39 is 10.8 Å². The predicted octanol–water partition coefficient (Wildman–Crippen LogP) is 4.16. The van der Waals surface area contributed by atoms with Gasteiger partial charge in [-0.25, -0.2) is 0 Å². The molecule has 1 aliphatic heterocycles. The number of carbonyl (C=O) groups excluding carboxylic acids is 2. The molecule has 0 aromatic heterocycles. The van der Waals surface area contributed by atoms with E-state index in [-0.39, 0.29) is 34.1 Å². The molecule has 2 amide bonds. The molecule has 0 saturated carbocycles. The van der Waals surface area contributed by atoms with Crippen molar-refractivity contribution in [3.05, 3.63) is 74.8 Å². The van der Waals surface area contributed by atoms with Gasteiger partial charge in [0.1, 0.15) is 5.56 Å². The van der Waals surface area contributed by atoms with Crippen molar-refractivity contribution in [3.63, 3.8) is 0 Å². The number of nitro groups is 1. The summed E-state index contributed by atoms with van der Waals surface area (Å²) in [6, 6.07) is 13.6. The molecule has 0 radical (unpaired) electrons. The van der Waals surface area contributed by atoms with Crippen molar-refractivity contribution in [2.24, 2.45) is 0 Å². The van der Waals surface area contributed by atoms with Gasteiger partial charge in [-0.3, -0.25) is 19.7 Å². The number of nitrogens with zero attached hydrogens (tertiary/aromatic N) is 2. The van der Waals surface area contributed by atoms with Crippen LogP contribution in [0.25, 0.3) is 0 Å². The van der Waals surface area contributed by atoms with Gasteiger partial charge in [-0.15, -0.1) is 0 Å². The number of rotatable bonds is 6. The predicted molar refractivity (Wildman–Crippen MR) is 115 cm³/mol. The van der Waals surface area contributed by atoms with Crippen molar-refractivity contribution in [2.75, 3.05) is 13.1 Å². The van der Waals surface area contributed by atoms with E-state index in [4.69, 9.17) is 11.6 Å². The van der Waals surface area contributed by atoms with Crippen LogP contribution in [0, 0.1) is 10.1 Å². The maximum absolute atomic E-state index is 13.0. The first-order chi connectivity index (χ1) is 14.4. The Bertz CT molecular complexity index is 927. The number of amides is 2. The standard InChI is InChI=1S/C22H24ClN3O4/c1-2-18(15-6-4-3-5-7-15)22(28)25-12-10-17(11-13-25)24-21(27)19-9-8-16(23)14-20(19)26(29)30/h3-9,14,17-18H,2,10-13H2,1H3,(H,24,27). The van der Waals surface area contributed by atoms with Crippen LogP contribution >= 0.6 is 11.6 Å². The minimum Gasteiger partial charge on any atom is -0.349 e. The Kier molecular flexibility index (Phi) is 7.05. The van der Waals surface area contributed by atoms with Gasteiger partial charge in [-0.05, 0) is 37.0 Å². The molecule has 30 heavy (non-hydrogen) atoms. The Morgan fingerprint density at radius 3 is 2.47 bits per heavy atom. The maximum Gasteiger partial charge on any atom is 0.283 e. The smallest absolute Gasteiger partial charge is 0.283 e. The lowest BCUT2D eigenvalue weighted by Crippen LogP contribution is -2.47. The average Bonchev–Trinajstić information content (AvgIpc) is 2.75. The van der Waals surface area contributed by atoms with E-state index in [9.17, 15) is 19.7 Å². The van der Waals surface area contributed by atoms with E-state index in [1.54, 1.807) is 0 Å². The molecule has 1 unspecified atom stereocenters. The highest BCUT2D eigenvalue weighted by Crippen LogP contribution is 2.26. The van der Waals surface area contributed by atoms with Crippen molar-refractivity contribution in [2.45, 2.75) is 38.1 Å². The van der Waals surface area contributed by atoms with Crippen molar-refractivity contribution in [1.82, 2.24) is 10.2 Å². The SMILES string of the molecule is CCC(C(=O)N1CCC(NC(=O)c2ccc(Cl)cc2[N+](=O)[O-])CC1)c1ccccc1. The summed E-state index contributed by atoms with van der Waals surface area (Å²) < 4.78 is 0. The quantitative estimate of drug-likeness (QED) is 0.551. The second-order valence-corrected chi connectivity index (χ2v) is 7.80. The molecule has 1 fully saturated rings. The molecule has 3 rings (SSSR count). The van der Waals surface area contributed by atoms with Crippen molar-refractivity contribution < 1.29 is 14.5 Å². The molecule has 1 N–H and O–H groups in total. The van der Waals surface area contributed by atoms with Gasteiger partial charge in [0, 0.05) is 30.2 Å². The Balaban J connectivity index is 1.60. The van der Waals surface area contributed by atoms with Crippen molar-refractivity contribution >= 4 is 29.1 Å². The summed E-state index contributed by atoms with van der Waals surface area (Å²) in [7, 11) is 0. The summed E-state index contributed by atoms with van der Waals surface area (Å²) in [6.07, 6.45) is 1.92. The van der Waals surface area contributed by atoms with E-state index in [2.05, 4.69) is 5.32 Å². The molecule has 158 valence electrons. The fraction of sp³-hybridized carbons (Fsp3) is 0.364. The number of likely N-dealkylation sites (tertiary alicyclic amines) is 1. The lowest BCUT2D eigenvalue weighted by atomic mass is 9.93. The minimum absolute atomic E-state index is 0.0157. The van der Waals surface area contributed by atoms with Gasteiger partial charge >= 0.3 is 0 Å². The highest BCUT2D eigenvalue weighted by molar-refractivity contribution is 6.31. The highest BCUT2D eigenvalue weighted by atomic mass is 35.5. The number of carbonyl (C=O) groups is 2. The van der Waals surface area contributed by atoms with Crippen LogP contribution in [0.2, 0.25) is 5.02 Å². The maximum atomic E-state index is 13.0. The van der Waals surface area contributed by atoms with Gasteiger partial charge in [0.2, 0.25) is 5.91 Å². The average molecular weight is 430 g/mol. The zero-order chi connectivity index (χ0) is 21.7. The second-order valence-electron chi connectivity index (χ2n) is 7.36. The van der Waals surface area contributed by atoms with Crippen LogP contribution in [-0.4, -0.2) is 40.8 Å². The molecule has 1 aliphatic rings. The minimum atomic E-state index is -0.615. The van der Waals surface area contributed by atoms with E-state index in [0.29, 0.717) is 25.9 Å². The van der Waals surface area contributed by atoms with E-state index in [1.165, 1.54) is 18.2 Å². The molecule has 0 aliphatic carbocycles. The van der Waals surface area contributed by atoms with Gasteiger partial charge in [0.25, 0.3) is 11.6 Å². The topological polar surface area (TPSA) is 92.6 Å². The number of hydrogen-bond acceptors (Lipinski definition) is 4. The number of hydrogen-bond donors (Lipinski definition) is 1. The first-order valence-corrected chi connectivity index (χ1v) is 10.4. The Labute approximate surface area is 180 Å². The van der Waals surface area contributed by atoms with Gasteiger partial charge in [-0.1, -0.05) is 48.9 Å². The molecule has 8 heteroatoms. The third kappa shape index (κ3) is 4.97. The summed E-state index contributed by atoms with van der Waals surface area (Å²) in [5.74, 6) is -0.574. The molecule has 0 bridgehead atoms. The molecular formula is C22H24ClN3O4. The summed E-state index contributed by atoms with van der Waals surface area (Å²) in [5, 5.41) is 14.3. The lowest BCUT2D eigenvalue weighted by Gasteiger charge is -2.34. The van der Waals surface area contributed by atoms with Crippen molar-refractivity contribution in [1.29, 1.82) is 0 Å². The number of nitrogens with one attached hydrogen (secondary N) is 1. The first-order valence-electron chi connectivity index (χ1n) is 9.99. The molecule has 1 saturated heterocycles. The van der Waals surface area contributed by atoms with Gasteiger partial charge in [0.05, 0.1) is 10.8 Å². The summed E-state index contributed by atoms with van der Waals surface area (Å²) >= 11 is 5.81. The normalized spacial score (nSPS) is 15.5. The van der Waals surface area contributed by atoms with E-state index in [1.807, 2.05) is 42.2 Å². The Morgan fingerprint density at radius 1 is 1.20 bits per heavy atom. The second kappa shape index (κ2) is 9.71. The van der Waals surface area contributed by atoms with Crippen molar-refractivity contribution in [3.8, 4) is 0 Å².